The Morgan fingerprint density at radius 2 is 1.45 bits per heavy atom. The number of nitrogens with one attached hydrogen (secondary N) is 2. The Morgan fingerprint density at radius 3 is 2.24 bits per heavy atom. The van der Waals surface area contributed by atoms with E-state index in [0.29, 0.717) is 22.9 Å². The van der Waals surface area contributed by atoms with Crippen LogP contribution < -0.4 is 20.1 Å². The molecule has 0 aliphatic carbocycles. The van der Waals surface area contributed by atoms with E-state index in [4.69, 9.17) is 9.47 Å². The van der Waals surface area contributed by atoms with Crippen LogP contribution in [-0.2, 0) is 0 Å². The monoisotopic (exact) mass is 386 g/mol. The molecule has 4 rings (SSSR count). The van der Waals surface area contributed by atoms with Crippen molar-refractivity contribution in [2.45, 2.75) is 0 Å². The number of rotatable bonds is 5. The molecule has 4 aromatic rings. The molecule has 0 saturated carbocycles. The molecule has 29 heavy (non-hydrogen) atoms. The lowest BCUT2D eigenvalue weighted by Gasteiger charge is -2.10. The molecular formula is C22H18N4O3. The lowest BCUT2D eigenvalue weighted by Crippen LogP contribution is -2.19. The van der Waals surface area contributed by atoms with E-state index in [9.17, 15) is 4.79 Å². The van der Waals surface area contributed by atoms with E-state index < -0.39 is 0 Å². The van der Waals surface area contributed by atoms with Gasteiger partial charge < -0.3 is 20.1 Å². The van der Waals surface area contributed by atoms with Crippen molar-refractivity contribution >= 4 is 28.4 Å². The van der Waals surface area contributed by atoms with Crippen molar-refractivity contribution in [2.75, 3.05) is 17.7 Å². The quantitative estimate of drug-likeness (QED) is 0.500. The SMILES string of the molecule is COc1ccc(NC(=O)Nc2cccc(Oc3ccc4nccnc4c3)c2)cc1. The molecule has 144 valence electrons. The number of urea groups is 1. The molecule has 0 saturated heterocycles. The van der Waals surface area contributed by atoms with Gasteiger partial charge in [0.05, 0.1) is 18.1 Å². The average molecular weight is 386 g/mol. The Kier molecular flexibility index (Phi) is 5.20. The first-order chi connectivity index (χ1) is 14.2. The maximum Gasteiger partial charge on any atom is 0.323 e. The van der Waals surface area contributed by atoms with Crippen molar-refractivity contribution in [3.63, 3.8) is 0 Å². The molecule has 7 heteroatoms. The fraction of sp³-hybridized carbons (Fsp3) is 0.0455. The molecule has 3 aromatic carbocycles. The van der Waals surface area contributed by atoms with Gasteiger partial charge >= 0.3 is 6.03 Å². The van der Waals surface area contributed by atoms with Crippen molar-refractivity contribution in [3.05, 3.63) is 79.1 Å². The third-order valence-electron chi connectivity index (χ3n) is 4.12. The summed E-state index contributed by atoms with van der Waals surface area (Å²) in [4.78, 5) is 20.8. The first-order valence-electron chi connectivity index (χ1n) is 8.90. The molecule has 0 fully saturated rings. The van der Waals surface area contributed by atoms with Crippen molar-refractivity contribution in [2.24, 2.45) is 0 Å². The second kappa shape index (κ2) is 8.26. The van der Waals surface area contributed by atoms with Gasteiger partial charge in [-0.2, -0.15) is 0 Å². The van der Waals surface area contributed by atoms with Gasteiger partial charge in [0.2, 0.25) is 0 Å². The zero-order valence-corrected chi connectivity index (χ0v) is 15.6. The van der Waals surface area contributed by atoms with Gasteiger partial charge in [-0.15, -0.1) is 0 Å². The number of ether oxygens (including phenoxy) is 2. The lowest BCUT2D eigenvalue weighted by molar-refractivity contribution is 0.262. The number of carbonyl (C=O) groups is 1. The molecule has 0 aliphatic rings. The molecule has 0 spiro atoms. The number of methoxy groups -OCH3 is 1. The van der Waals surface area contributed by atoms with Crippen molar-refractivity contribution in [1.82, 2.24) is 9.97 Å². The molecule has 0 aliphatic heterocycles. The van der Waals surface area contributed by atoms with Gasteiger partial charge in [-0.25, -0.2) is 4.79 Å². The van der Waals surface area contributed by atoms with Crippen molar-refractivity contribution in [1.29, 1.82) is 0 Å². The van der Waals surface area contributed by atoms with E-state index in [0.717, 1.165) is 16.8 Å². The topological polar surface area (TPSA) is 85.4 Å². The minimum Gasteiger partial charge on any atom is -0.497 e. The molecule has 2 N–H and O–H groups in total. The third-order valence-corrected chi connectivity index (χ3v) is 4.12. The molecule has 0 unspecified atom stereocenters. The molecule has 7 nitrogen and oxygen atoms in total. The minimum atomic E-state index is -0.353. The number of benzene rings is 3. The second-order valence-corrected chi connectivity index (χ2v) is 6.14. The van der Waals surface area contributed by atoms with Gasteiger partial charge in [0.1, 0.15) is 17.2 Å². The minimum absolute atomic E-state index is 0.353. The predicted molar refractivity (Wildman–Crippen MR) is 112 cm³/mol. The van der Waals surface area contributed by atoms with E-state index in [2.05, 4.69) is 20.6 Å². The predicted octanol–water partition coefficient (Wildman–Crippen LogP) is 5.07. The largest absolute Gasteiger partial charge is 0.497 e. The normalized spacial score (nSPS) is 10.4. The summed E-state index contributed by atoms with van der Waals surface area (Å²) in [5, 5.41) is 5.56. The van der Waals surface area contributed by atoms with Crippen LogP contribution in [0.25, 0.3) is 11.0 Å². The highest BCUT2D eigenvalue weighted by atomic mass is 16.5. The second-order valence-electron chi connectivity index (χ2n) is 6.14. The van der Waals surface area contributed by atoms with Crippen LogP contribution in [-0.4, -0.2) is 23.1 Å². The summed E-state index contributed by atoms with van der Waals surface area (Å²) < 4.78 is 11.0. The van der Waals surface area contributed by atoms with Crippen LogP contribution in [0, 0.1) is 0 Å². The summed E-state index contributed by atoms with van der Waals surface area (Å²) in [6.45, 7) is 0. The Balaban J connectivity index is 1.42. The van der Waals surface area contributed by atoms with Crippen LogP contribution in [0.4, 0.5) is 16.2 Å². The maximum absolute atomic E-state index is 12.2. The van der Waals surface area contributed by atoms with Gasteiger partial charge in [0.15, 0.2) is 0 Å². The van der Waals surface area contributed by atoms with Gasteiger partial charge in [-0.1, -0.05) is 6.07 Å². The van der Waals surface area contributed by atoms with Gasteiger partial charge in [0, 0.05) is 35.9 Å². The number of hydrogen-bond donors (Lipinski definition) is 2. The summed E-state index contributed by atoms with van der Waals surface area (Å²) in [6, 6.07) is 19.4. The van der Waals surface area contributed by atoms with E-state index in [-0.39, 0.29) is 6.03 Å². The van der Waals surface area contributed by atoms with Gasteiger partial charge in [-0.05, 0) is 48.5 Å². The number of aromatic nitrogens is 2. The Morgan fingerprint density at radius 1 is 0.759 bits per heavy atom. The van der Waals surface area contributed by atoms with Crippen LogP contribution in [0.5, 0.6) is 17.2 Å². The summed E-state index contributed by atoms with van der Waals surface area (Å²) >= 11 is 0. The summed E-state index contributed by atoms with van der Waals surface area (Å²) in [7, 11) is 1.59. The fourth-order valence-electron chi connectivity index (χ4n) is 2.75. The van der Waals surface area contributed by atoms with Crippen molar-refractivity contribution in [3.8, 4) is 17.2 Å². The molecule has 0 radical (unpaired) electrons. The van der Waals surface area contributed by atoms with Crippen LogP contribution in [0.15, 0.2) is 79.1 Å². The maximum atomic E-state index is 12.2. The number of carbonyl (C=O) groups excluding carboxylic acids is 1. The van der Waals surface area contributed by atoms with E-state index in [1.165, 1.54) is 0 Å². The highest BCUT2D eigenvalue weighted by Crippen LogP contribution is 2.26. The number of amides is 2. The molecule has 2 amide bonds. The van der Waals surface area contributed by atoms with Crippen LogP contribution in [0.3, 0.4) is 0 Å². The molecule has 0 bridgehead atoms. The van der Waals surface area contributed by atoms with Crippen LogP contribution in [0.2, 0.25) is 0 Å². The molecular weight excluding hydrogens is 368 g/mol. The first kappa shape index (κ1) is 18.2. The number of fused-ring (bicyclic) bond motifs is 1. The zero-order chi connectivity index (χ0) is 20.1. The standard InChI is InChI=1S/C22H18N4O3/c1-28-17-7-5-15(6-8-17)25-22(27)26-16-3-2-4-18(13-16)29-19-9-10-20-21(14-19)24-12-11-23-20/h2-14H,1H3,(H2,25,26,27). The lowest BCUT2D eigenvalue weighted by atomic mass is 10.2. The summed E-state index contributed by atoms with van der Waals surface area (Å²) in [6.07, 6.45) is 3.28. The van der Waals surface area contributed by atoms with Crippen LogP contribution in [0.1, 0.15) is 0 Å². The third kappa shape index (κ3) is 4.59. The number of anilines is 2. The first-order valence-corrected chi connectivity index (χ1v) is 8.90. The Bertz CT molecular complexity index is 1150. The van der Waals surface area contributed by atoms with Crippen LogP contribution >= 0.6 is 0 Å². The fourth-order valence-corrected chi connectivity index (χ4v) is 2.75. The Labute approximate surface area is 167 Å². The smallest absolute Gasteiger partial charge is 0.323 e. The Hall–Kier alpha value is -4.13. The van der Waals surface area contributed by atoms with E-state index in [1.54, 1.807) is 62.0 Å². The van der Waals surface area contributed by atoms with Gasteiger partial charge in [0.25, 0.3) is 0 Å². The zero-order valence-electron chi connectivity index (χ0n) is 15.6. The van der Waals surface area contributed by atoms with Crippen molar-refractivity contribution < 1.29 is 14.3 Å². The molecule has 1 heterocycles. The summed E-state index contributed by atoms with van der Waals surface area (Å²) in [5.74, 6) is 1.95. The van der Waals surface area contributed by atoms with Gasteiger partial charge in [-0.3, -0.25) is 9.97 Å². The number of hydrogen-bond acceptors (Lipinski definition) is 5. The summed E-state index contributed by atoms with van der Waals surface area (Å²) in [5.41, 5.74) is 2.81. The molecule has 1 aromatic heterocycles. The molecule has 0 atom stereocenters. The highest BCUT2D eigenvalue weighted by Gasteiger charge is 2.06. The van der Waals surface area contributed by atoms with E-state index >= 15 is 0 Å². The number of nitrogens with zero attached hydrogens (tertiary/aromatic N) is 2. The average Bonchev–Trinajstić information content (AvgIpc) is 2.74. The van der Waals surface area contributed by atoms with E-state index in [1.807, 2.05) is 24.3 Å². The highest BCUT2D eigenvalue weighted by molar-refractivity contribution is 5.99.